The molecule has 2 unspecified atom stereocenters. The van der Waals surface area contributed by atoms with Gasteiger partial charge in [-0.15, -0.1) is 0 Å². The van der Waals surface area contributed by atoms with Gasteiger partial charge >= 0.3 is 6.09 Å². The van der Waals surface area contributed by atoms with Gasteiger partial charge in [0.2, 0.25) is 5.91 Å². The van der Waals surface area contributed by atoms with Gasteiger partial charge in [-0.05, 0) is 62.6 Å². The van der Waals surface area contributed by atoms with Crippen LogP contribution >= 0.6 is 11.6 Å². The first-order valence-corrected chi connectivity index (χ1v) is 12.9. The van der Waals surface area contributed by atoms with E-state index in [4.69, 9.17) is 16.3 Å². The van der Waals surface area contributed by atoms with E-state index in [2.05, 4.69) is 10.6 Å². The van der Waals surface area contributed by atoms with E-state index in [1.54, 1.807) is 58.0 Å². The molecule has 0 aliphatic heterocycles. The molecule has 3 aromatic rings. The molecule has 0 bridgehead atoms. The quantitative estimate of drug-likeness (QED) is 0.336. The molecule has 3 amide bonds. The molecule has 0 radical (unpaired) electrons. The number of para-hydroxylation sites is 1. The Morgan fingerprint density at radius 1 is 1.00 bits per heavy atom. The fourth-order valence-electron chi connectivity index (χ4n) is 4.10. The third kappa shape index (κ3) is 8.22. The molecular formula is C30H34ClN3O5. The summed E-state index contributed by atoms with van der Waals surface area (Å²) in [5.74, 6) is -1.12. The number of ether oxygens (including phenoxy) is 1. The number of hydrogen-bond acceptors (Lipinski definition) is 5. The number of nitrogens with zero attached hydrogens (tertiary/aromatic N) is 1. The monoisotopic (exact) mass is 551 g/mol. The summed E-state index contributed by atoms with van der Waals surface area (Å²) in [5.41, 5.74) is 1.58. The lowest BCUT2D eigenvalue weighted by Crippen LogP contribution is -2.52. The largest absolute Gasteiger partial charge is 0.508 e. The van der Waals surface area contributed by atoms with E-state index in [1.807, 2.05) is 30.3 Å². The molecule has 0 saturated heterocycles. The van der Waals surface area contributed by atoms with Crippen molar-refractivity contribution in [2.24, 2.45) is 0 Å². The van der Waals surface area contributed by atoms with Gasteiger partial charge < -0.3 is 25.4 Å². The van der Waals surface area contributed by atoms with Crippen molar-refractivity contribution in [3.8, 4) is 5.75 Å². The predicted molar refractivity (Wildman–Crippen MR) is 152 cm³/mol. The van der Waals surface area contributed by atoms with Gasteiger partial charge in [-0.25, -0.2) is 4.79 Å². The Hall–Kier alpha value is -4.04. The number of hydrogen-bond donors (Lipinski definition) is 3. The SMILES string of the molecule is Cc1cccc(Cl)c1NC(=O)C(c1cccc(O)c1)N(C)C(=O)C(Cc1ccccc1)NC(=O)OC(C)(C)C. The lowest BCUT2D eigenvalue weighted by molar-refractivity contribution is -0.139. The third-order valence-electron chi connectivity index (χ3n) is 5.91. The topological polar surface area (TPSA) is 108 Å². The number of rotatable bonds is 8. The summed E-state index contributed by atoms with van der Waals surface area (Å²) in [4.78, 5) is 41.6. The molecular weight excluding hydrogens is 518 g/mol. The zero-order valence-corrected chi connectivity index (χ0v) is 23.5. The molecule has 3 aromatic carbocycles. The van der Waals surface area contributed by atoms with Crippen LogP contribution in [-0.4, -0.2) is 46.6 Å². The van der Waals surface area contributed by atoms with Crippen LogP contribution < -0.4 is 10.6 Å². The van der Waals surface area contributed by atoms with E-state index in [1.165, 1.54) is 24.1 Å². The third-order valence-corrected chi connectivity index (χ3v) is 6.23. The zero-order chi connectivity index (χ0) is 28.7. The number of phenols is 1. The first-order chi connectivity index (χ1) is 18.4. The van der Waals surface area contributed by atoms with E-state index in [0.29, 0.717) is 16.3 Å². The van der Waals surface area contributed by atoms with Gasteiger partial charge in [0.05, 0.1) is 10.7 Å². The predicted octanol–water partition coefficient (Wildman–Crippen LogP) is 5.63. The van der Waals surface area contributed by atoms with Crippen molar-refractivity contribution in [1.29, 1.82) is 0 Å². The number of likely N-dealkylation sites (N-methyl/N-ethyl adjacent to an activating group) is 1. The number of anilines is 1. The van der Waals surface area contributed by atoms with Gasteiger partial charge in [-0.2, -0.15) is 0 Å². The van der Waals surface area contributed by atoms with E-state index in [-0.39, 0.29) is 12.2 Å². The first-order valence-electron chi connectivity index (χ1n) is 12.5. The second-order valence-corrected chi connectivity index (χ2v) is 10.7. The van der Waals surface area contributed by atoms with Gasteiger partial charge in [0.15, 0.2) is 0 Å². The molecule has 8 nitrogen and oxygen atoms in total. The summed E-state index contributed by atoms with van der Waals surface area (Å²) in [7, 11) is 1.48. The summed E-state index contributed by atoms with van der Waals surface area (Å²) >= 11 is 6.35. The molecule has 2 atom stereocenters. The highest BCUT2D eigenvalue weighted by Crippen LogP contribution is 2.30. The molecule has 206 valence electrons. The Labute approximate surface area is 233 Å². The summed E-state index contributed by atoms with van der Waals surface area (Å²) in [6.45, 7) is 6.99. The first kappa shape index (κ1) is 29.5. The lowest BCUT2D eigenvalue weighted by atomic mass is 10.0. The number of carbonyl (C=O) groups excluding carboxylic acids is 3. The van der Waals surface area contributed by atoms with Crippen LogP contribution in [-0.2, 0) is 20.7 Å². The molecule has 0 spiro atoms. The highest BCUT2D eigenvalue weighted by Gasteiger charge is 2.35. The maximum absolute atomic E-state index is 13.9. The number of carbonyl (C=O) groups is 3. The smallest absolute Gasteiger partial charge is 0.408 e. The summed E-state index contributed by atoms with van der Waals surface area (Å²) < 4.78 is 5.40. The fraction of sp³-hybridized carbons (Fsp3) is 0.300. The van der Waals surface area contributed by atoms with Crippen LogP contribution in [0.15, 0.2) is 72.8 Å². The Kier molecular flexibility index (Phi) is 9.59. The fourth-order valence-corrected chi connectivity index (χ4v) is 4.37. The molecule has 0 aliphatic rings. The van der Waals surface area contributed by atoms with Crippen molar-refractivity contribution in [2.45, 2.75) is 51.8 Å². The van der Waals surface area contributed by atoms with Crippen molar-refractivity contribution in [3.63, 3.8) is 0 Å². The minimum Gasteiger partial charge on any atom is -0.508 e. The molecule has 3 rings (SSSR count). The van der Waals surface area contributed by atoms with E-state index in [9.17, 15) is 19.5 Å². The number of aryl methyl sites for hydroxylation is 1. The highest BCUT2D eigenvalue weighted by molar-refractivity contribution is 6.34. The van der Waals surface area contributed by atoms with Crippen LogP contribution in [0.5, 0.6) is 5.75 Å². The number of phenolic OH excluding ortho intramolecular Hbond substituents is 1. The van der Waals surface area contributed by atoms with Crippen molar-refractivity contribution in [2.75, 3.05) is 12.4 Å². The zero-order valence-electron chi connectivity index (χ0n) is 22.7. The second kappa shape index (κ2) is 12.7. The minimum atomic E-state index is -1.15. The highest BCUT2D eigenvalue weighted by atomic mass is 35.5. The van der Waals surface area contributed by atoms with Crippen LogP contribution in [0.1, 0.15) is 43.5 Å². The Morgan fingerprint density at radius 3 is 2.28 bits per heavy atom. The summed E-state index contributed by atoms with van der Waals surface area (Å²) in [6.07, 6.45) is -0.587. The molecule has 0 heterocycles. The average molecular weight is 552 g/mol. The van der Waals surface area contributed by atoms with Gasteiger partial charge in [0.25, 0.3) is 5.91 Å². The number of aromatic hydroxyl groups is 1. The van der Waals surface area contributed by atoms with Crippen molar-refractivity contribution < 1.29 is 24.2 Å². The Balaban J connectivity index is 1.97. The second-order valence-electron chi connectivity index (χ2n) is 10.3. The van der Waals surface area contributed by atoms with E-state index < -0.39 is 35.6 Å². The van der Waals surface area contributed by atoms with Gasteiger partial charge in [0.1, 0.15) is 23.4 Å². The molecule has 0 fully saturated rings. The average Bonchev–Trinajstić information content (AvgIpc) is 2.85. The van der Waals surface area contributed by atoms with Crippen LogP contribution in [0.2, 0.25) is 5.02 Å². The molecule has 9 heteroatoms. The molecule has 39 heavy (non-hydrogen) atoms. The van der Waals surface area contributed by atoms with E-state index >= 15 is 0 Å². The van der Waals surface area contributed by atoms with Crippen molar-refractivity contribution >= 4 is 35.2 Å². The minimum absolute atomic E-state index is 0.0622. The molecule has 0 aromatic heterocycles. The number of nitrogens with one attached hydrogen (secondary N) is 2. The Bertz CT molecular complexity index is 1300. The summed E-state index contributed by atoms with van der Waals surface area (Å²) in [6, 6.07) is 18.4. The van der Waals surface area contributed by atoms with E-state index in [0.717, 1.165) is 11.1 Å². The number of amides is 3. The molecule has 0 aliphatic carbocycles. The lowest BCUT2D eigenvalue weighted by Gasteiger charge is -2.32. The maximum atomic E-state index is 13.9. The maximum Gasteiger partial charge on any atom is 0.408 e. The van der Waals surface area contributed by atoms with Crippen LogP contribution in [0.3, 0.4) is 0 Å². The summed E-state index contributed by atoms with van der Waals surface area (Å²) in [5, 5.41) is 16.0. The molecule has 3 N–H and O–H groups in total. The number of benzene rings is 3. The van der Waals surface area contributed by atoms with Crippen LogP contribution in [0.25, 0.3) is 0 Å². The van der Waals surface area contributed by atoms with Gasteiger partial charge in [0, 0.05) is 13.5 Å². The number of alkyl carbamates (subject to hydrolysis) is 1. The van der Waals surface area contributed by atoms with Gasteiger partial charge in [-0.3, -0.25) is 9.59 Å². The standard InChI is InChI=1S/C30H34ClN3O5/c1-19-11-9-16-23(31)25(19)33-27(36)26(21-14-10-15-22(35)18-21)34(5)28(37)24(17-20-12-7-6-8-13-20)32-29(38)39-30(2,3)4/h6-16,18,24,26,35H,17H2,1-5H3,(H,32,38)(H,33,36). The molecule has 0 saturated carbocycles. The Morgan fingerprint density at radius 2 is 1.67 bits per heavy atom. The van der Waals surface area contributed by atoms with Crippen molar-refractivity contribution in [3.05, 3.63) is 94.5 Å². The van der Waals surface area contributed by atoms with Crippen LogP contribution in [0, 0.1) is 6.92 Å². The van der Waals surface area contributed by atoms with Crippen molar-refractivity contribution in [1.82, 2.24) is 10.2 Å². The van der Waals surface area contributed by atoms with Crippen LogP contribution in [0.4, 0.5) is 10.5 Å². The number of halogens is 1. The normalized spacial score (nSPS) is 12.7. The van der Waals surface area contributed by atoms with Gasteiger partial charge in [-0.1, -0.05) is 66.2 Å².